The molecule has 0 unspecified atom stereocenters. The van der Waals surface area contributed by atoms with Crippen molar-refractivity contribution in [3.05, 3.63) is 132 Å². The molecule has 2 aliphatic rings. The van der Waals surface area contributed by atoms with E-state index in [4.69, 9.17) is 10.1 Å². The molecule has 0 bridgehead atoms. The van der Waals surface area contributed by atoms with Crippen LogP contribution in [0.3, 0.4) is 0 Å². The van der Waals surface area contributed by atoms with Crippen LogP contribution in [0.1, 0.15) is 26.4 Å². The third-order valence-corrected chi connectivity index (χ3v) is 7.16. The Kier molecular flexibility index (Phi) is 6.43. The van der Waals surface area contributed by atoms with Crippen molar-refractivity contribution in [1.29, 1.82) is 0 Å². The van der Waals surface area contributed by atoms with Crippen LogP contribution in [-0.2, 0) is 20.1 Å². The maximum Gasteiger partial charge on any atom is 0.354 e. The fourth-order valence-electron chi connectivity index (χ4n) is 5.51. The number of carbonyl (C=O) groups excluding carboxylic acids is 1. The summed E-state index contributed by atoms with van der Waals surface area (Å²) in [6.07, 6.45) is 1.45. The summed E-state index contributed by atoms with van der Waals surface area (Å²) < 4.78 is 0. The maximum absolute atomic E-state index is 12.9. The molecule has 0 atom stereocenters. The molecule has 6 heteroatoms. The monoisotopic (exact) mass is 696 g/mol. The maximum atomic E-state index is 12.9. The molecule has 0 aliphatic heterocycles. The van der Waals surface area contributed by atoms with Gasteiger partial charge < -0.3 is 5.11 Å². The van der Waals surface area contributed by atoms with Gasteiger partial charge in [-0.25, -0.2) is 9.78 Å². The summed E-state index contributed by atoms with van der Waals surface area (Å²) in [5, 5.41) is 9.52. The topological polar surface area (TPSA) is 80.1 Å². The van der Waals surface area contributed by atoms with Gasteiger partial charge in [-0.3, -0.25) is 9.78 Å². The molecule has 0 amide bonds. The van der Waals surface area contributed by atoms with Crippen LogP contribution >= 0.6 is 0 Å². The van der Waals surface area contributed by atoms with Gasteiger partial charge in [0.2, 0.25) is 0 Å². The van der Waals surface area contributed by atoms with E-state index in [-0.39, 0.29) is 31.6 Å². The number of aromatic carboxylic acids is 1. The Morgan fingerprint density at radius 2 is 1.38 bits per heavy atom. The van der Waals surface area contributed by atoms with Crippen molar-refractivity contribution in [3.63, 3.8) is 0 Å². The zero-order chi connectivity index (χ0) is 26.5. The fourth-order valence-corrected chi connectivity index (χ4v) is 5.51. The third-order valence-electron chi connectivity index (χ3n) is 7.16. The second-order valence-electron chi connectivity index (χ2n) is 9.34. The van der Waals surface area contributed by atoms with Crippen LogP contribution in [0.15, 0.2) is 109 Å². The van der Waals surface area contributed by atoms with Gasteiger partial charge in [-0.15, -0.1) is 23.8 Å². The molecule has 40 heavy (non-hydrogen) atoms. The fraction of sp³-hybridized carbons (Fsp3) is 0. The van der Waals surface area contributed by atoms with Crippen molar-refractivity contribution in [2.75, 3.05) is 0 Å². The minimum atomic E-state index is -0.990. The molecule has 0 spiro atoms. The van der Waals surface area contributed by atoms with Gasteiger partial charge in [0.05, 0.1) is 5.52 Å². The van der Waals surface area contributed by atoms with Crippen molar-refractivity contribution in [3.8, 4) is 44.6 Å². The number of aromatic nitrogens is 2. The van der Waals surface area contributed by atoms with E-state index in [1.165, 1.54) is 39.9 Å². The van der Waals surface area contributed by atoms with Crippen LogP contribution in [0.25, 0.3) is 55.5 Å². The van der Waals surface area contributed by atoms with E-state index >= 15 is 0 Å². The summed E-state index contributed by atoms with van der Waals surface area (Å²) in [5.74, 6) is -0.913. The van der Waals surface area contributed by atoms with E-state index in [1.807, 2.05) is 36.4 Å². The molecule has 193 valence electrons. The molecular weight excluding hydrogens is 677 g/mol. The van der Waals surface area contributed by atoms with Gasteiger partial charge >= 0.3 is 5.97 Å². The molecule has 8 rings (SSSR count). The quantitative estimate of drug-likeness (QED) is 0.192. The average molecular weight is 696 g/mol. The van der Waals surface area contributed by atoms with Gasteiger partial charge in [0.15, 0.2) is 5.78 Å². The Morgan fingerprint density at radius 1 is 0.700 bits per heavy atom. The first-order valence-corrected chi connectivity index (χ1v) is 12.5. The minimum absolute atomic E-state index is 0. The first kappa shape index (κ1) is 25.5. The minimum Gasteiger partial charge on any atom is -0.477 e. The molecule has 1 radical (unpaired) electrons. The van der Waals surface area contributed by atoms with E-state index in [2.05, 4.69) is 59.6 Å². The largest absolute Gasteiger partial charge is 0.477 e. The smallest absolute Gasteiger partial charge is 0.354 e. The Bertz CT molecular complexity index is 1970. The Hall–Kier alpha value is -4.77. The molecule has 2 aliphatic carbocycles. The van der Waals surface area contributed by atoms with Gasteiger partial charge in [-0.05, 0) is 51.7 Å². The Balaban J connectivity index is 0.000000250. The normalized spacial score (nSPS) is 11.6. The van der Waals surface area contributed by atoms with Crippen molar-refractivity contribution in [1.82, 2.24) is 9.97 Å². The van der Waals surface area contributed by atoms with E-state index in [0.717, 1.165) is 39.0 Å². The summed E-state index contributed by atoms with van der Waals surface area (Å²) in [5.41, 5.74) is 11.1. The number of carbonyl (C=O) groups is 2. The summed E-state index contributed by atoms with van der Waals surface area (Å²) in [7, 11) is 0. The molecule has 0 fully saturated rings. The molecule has 2 aromatic heterocycles. The summed E-state index contributed by atoms with van der Waals surface area (Å²) in [4.78, 5) is 31.7. The first-order chi connectivity index (χ1) is 19.1. The zero-order valence-corrected chi connectivity index (χ0v) is 23.3. The first-order valence-electron chi connectivity index (χ1n) is 12.5. The van der Waals surface area contributed by atoms with Crippen LogP contribution < -0.4 is 0 Å². The van der Waals surface area contributed by atoms with E-state index in [1.54, 1.807) is 12.1 Å². The van der Waals surface area contributed by atoms with Crippen molar-refractivity contribution in [2.45, 2.75) is 0 Å². The molecule has 0 saturated heterocycles. The number of hydrogen-bond donors (Lipinski definition) is 1. The van der Waals surface area contributed by atoms with Crippen LogP contribution in [0.4, 0.5) is 0 Å². The average Bonchev–Trinajstić information content (AvgIpc) is 3.47. The zero-order valence-electron chi connectivity index (χ0n) is 20.9. The SMILES string of the molecule is O=C(O)c1ccccn1.O=C1c2ccccc2-c2c(-c3cc4c5c(cccc5n3)-c3ccccc3-4)[c-]ccc21.[Ir]. The van der Waals surface area contributed by atoms with Gasteiger partial charge in [-0.1, -0.05) is 83.9 Å². The number of hydrogen-bond acceptors (Lipinski definition) is 4. The molecule has 1 N–H and O–H groups in total. The number of pyridine rings is 2. The van der Waals surface area contributed by atoms with Crippen LogP contribution in [0.2, 0.25) is 0 Å². The van der Waals surface area contributed by atoms with Gasteiger partial charge in [0.25, 0.3) is 0 Å². The summed E-state index contributed by atoms with van der Waals surface area (Å²) >= 11 is 0. The number of ketones is 1. The van der Waals surface area contributed by atoms with E-state index in [0.29, 0.717) is 0 Å². The predicted molar refractivity (Wildman–Crippen MR) is 151 cm³/mol. The predicted octanol–water partition coefficient (Wildman–Crippen LogP) is 7.34. The third kappa shape index (κ3) is 3.97. The van der Waals surface area contributed by atoms with Gasteiger partial charge in [0.1, 0.15) is 5.69 Å². The number of fused-ring (bicyclic) bond motifs is 6. The van der Waals surface area contributed by atoms with E-state index in [9.17, 15) is 9.59 Å². The number of nitrogens with zero attached hydrogens (tertiary/aromatic N) is 2. The Morgan fingerprint density at radius 3 is 2.08 bits per heavy atom. The second kappa shape index (κ2) is 10.1. The van der Waals surface area contributed by atoms with Crippen molar-refractivity contribution in [2.24, 2.45) is 0 Å². The number of carboxylic acid groups (broad SMARTS) is 1. The number of benzene rings is 4. The van der Waals surface area contributed by atoms with Gasteiger partial charge in [-0.2, -0.15) is 0 Å². The number of rotatable bonds is 2. The number of carboxylic acids is 1. The van der Waals surface area contributed by atoms with E-state index < -0.39 is 5.97 Å². The van der Waals surface area contributed by atoms with Crippen LogP contribution in [0, 0.1) is 6.07 Å². The van der Waals surface area contributed by atoms with Crippen molar-refractivity contribution < 1.29 is 34.8 Å². The van der Waals surface area contributed by atoms with Gasteiger partial charge in [0, 0.05) is 37.3 Å². The molecule has 2 heterocycles. The molecule has 6 aromatic rings. The van der Waals surface area contributed by atoms with Crippen LogP contribution in [0.5, 0.6) is 0 Å². The second-order valence-corrected chi connectivity index (χ2v) is 9.34. The molecule has 0 saturated carbocycles. The standard InChI is InChI=1S/C28H14NO.C6H5NO2.Ir/c30-28-20-10-4-3-9-19(20)26-21(12-5-13-22(26)28)25-15-23-17-8-2-1-7-16(17)18-11-6-14-24(29-25)27(18)23;8-6(9)5-3-1-2-4-7-5;/h1-11,13-15H;1-4H,(H,8,9);/q-1;;. The summed E-state index contributed by atoms with van der Waals surface area (Å²) in [6, 6.07) is 36.6. The molecule has 5 nitrogen and oxygen atoms in total. The van der Waals surface area contributed by atoms with Crippen LogP contribution in [-0.4, -0.2) is 26.8 Å². The van der Waals surface area contributed by atoms with Crippen molar-refractivity contribution >= 4 is 22.7 Å². The molecular formula is C34H19IrN2O3-. The molecule has 4 aromatic carbocycles. The summed E-state index contributed by atoms with van der Waals surface area (Å²) in [6.45, 7) is 0. The Labute approximate surface area is 243 Å².